The molecule has 7 heteroatoms. The van der Waals surface area contributed by atoms with Crippen molar-refractivity contribution >= 4 is 11.6 Å². The molecule has 0 aliphatic carbocycles. The van der Waals surface area contributed by atoms with E-state index in [2.05, 4.69) is 0 Å². The summed E-state index contributed by atoms with van der Waals surface area (Å²) in [7, 11) is 0. The van der Waals surface area contributed by atoms with Gasteiger partial charge in [0.15, 0.2) is 5.76 Å². The van der Waals surface area contributed by atoms with Gasteiger partial charge in [-0.15, -0.1) is 0 Å². The lowest BCUT2D eigenvalue weighted by Crippen LogP contribution is -2.25. The third kappa shape index (κ3) is 2.46. The summed E-state index contributed by atoms with van der Waals surface area (Å²) in [6, 6.07) is 9.94. The second kappa shape index (κ2) is 5.80. The third-order valence-electron chi connectivity index (χ3n) is 3.50. The highest BCUT2D eigenvalue weighted by Gasteiger charge is 2.36. The van der Waals surface area contributed by atoms with Crippen molar-refractivity contribution in [3.05, 3.63) is 74.1 Å². The first-order chi connectivity index (χ1) is 11.1. The van der Waals surface area contributed by atoms with E-state index >= 15 is 0 Å². The van der Waals surface area contributed by atoms with E-state index in [1.54, 1.807) is 24.3 Å². The molecule has 1 aliphatic rings. The Bertz CT molecular complexity index is 911. The minimum atomic E-state index is -0.781. The van der Waals surface area contributed by atoms with Gasteiger partial charge in [0.25, 0.3) is 0 Å². The Morgan fingerprint density at radius 3 is 2.78 bits per heavy atom. The molecule has 0 unspecified atom stereocenters. The van der Waals surface area contributed by atoms with Crippen LogP contribution in [0.1, 0.15) is 23.0 Å². The number of hydrogen-bond donors (Lipinski definition) is 2. The molecule has 2 aromatic rings. The molecule has 1 aliphatic heterocycles. The summed E-state index contributed by atoms with van der Waals surface area (Å²) in [5.74, 6) is -0.901. The van der Waals surface area contributed by atoms with Crippen molar-refractivity contribution < 1.29 is 14.3 Å². The van der Waals surface area contributed by atoms with Crippen molar-refractivity contribution in [2.24, 2.45) is 5.73 Å². The number of hydrogen-bond acceptors (Lipinski definition) is 6. The summed E-state index contributed by atoms with van der Waals surface area (Å²) >= 11 is 6.22. The molecule has 0 saturated carbocycles. The minimum absolute atomic E-state index is 0.0622. The molecule has 0 spiro atoms. The molecule has 1 aromatic carbocycles. The fourth-order valence-corrected chi connectivity index (χ4v) is 2.73. The van der Waals surface area contributed by atoms with Gasteiger partial charge in [-0.25, -0.2) is 0 Å². The minimum Gasteiger partial charge on any atom is -0.458 e. The van der Waals surface area contributed by atoms with Crippen LogP contribution in [-0.4, -0.2) is 5.11 Å². The number of fused-ring (bicyclic) bond motifs is 1. The lowest BCUT2D eigenvalue weighted by molar-refractivity contribution is 0.231. The van der Waals surface area contributed by atoms with Gasteiger partial charge in [0.2, 0.25) is 17.1 Å². The molecule has 0 bridgehead atoms. The standard InChI is InChI=1S/C16H11ClN2O4/c17-11-4-2-1-3-9(11)13-10(6-18)16(19)23-14-12(21)5-8(7-20)22-15(13)14/h1-5,13,20H,7,19H2/t13-/m1/s1. The fourth-order valence-electron chi connectivity index (χ4n) is 2.48. The molecule has 23 heavy (non-hydrogen) atoms. The summed E-state index contributed by atoms with van der Waals surface area (Å²) in [6.07, 6.45) is 0. The first-order valence-electron chi connectivity index (χ1n) is 6.66. The van der Waals surface area contributed by atoms with Gasteiger partial charge in [0.1, 0.15) is 24.0 Å². The lowest BCUT2D eigenvalue weighted by atomic mass is 9.87. The van der Waals surface area contributed by atoms with Crippen molar-refractivity contribution in [1.29, 1.82) is 5.26 Å². The summed E-state index contributed by atoms with van der Waals surface area (Å²) in [6.45, 7) is -0.459. The lowest BCUT2D eigenvalue weighted by Gasteiger charge is -2.25. The van der Waals surface area contributed by atoms with Crippen LogP contribution in [0.25, 0.3) is 0 Å². The van der Waals surface area contributed by atoms with E-state index < -0.39 is 18.0 Å². The predicted octanol–water partition coefficient (Wildman–Crippen LogP) is 2.00. The second-order valence-corrected chi connectivity index (χ2v) is 5.28. The van der Waals surface area contributed by atoms with E-state index in [-0.39, 0.29) is 28.7 Å². The van der Waals surface area contributed by atoms with Crippen LogP contribution in [0, 0.1) is 11.3 Å². The van der Waals surface area contributed by atoms with E-state index in [0.717, 1.165) is 6.07 Å². The van der Waals surface area contributed by atoms with Crippen LogP contribution >= 0.6 is 11.6 Å². The average Bonchev–Trinajstić information content (AvgIpc) is 2.55. The topological polar surface area (TPSA) is 109 Å². The molecule has 0 radical (unpaired) electrons. The Labute approximate surface area is 136 Å². The number of nitriles is 1. The van der Waals surface area contributed by atoms with E-state index in [1.807, 2.05) is 6.07 Å². The molecule has 2 heterocycles. The zero-order valence-electron chi connectivity index (χ0n) is 11.7. The molecule has 3 N–H and O–H groups in total. The molecule has 0 fully saturated rings. The number of aliphatic hydroxyl groups excluding tert-OH is 1. The van der Waals surface area contributed by atoms with Crippen LogP contribution in [0.4, 0.5) is 0 Å². The zero-order chi connectivity index (χ0) is 16.6. The zero-order valence-corrected chi connectivity index (χ0v) is 12.5. The molecule has 1 atom stereocenters. The number of allylic oxidation sites excluding steroid dienone is 1. The van der Waals surface area contributed by atoms with Crippen LogP contribution < -0.4 is 15.9 Å². The van der Waals surface area contributed by atoms with E-state index in [9.17, 15) is 15.2 Å². The van der Waals surface area contributed by atoms with Gasteiger partial charge in [-0.3, -0.25) is 4.79 Å². The Hall–Kier alpha value is -2.75. The smallest absolute Gasteiger partial charge is 0.228 e. The summed E-state index contributed by atoms with van der Waals surface area (Å²) in [4.78, 5) is 12.2. The molecule has 6 nitrogen and oxygen atoms in total. The number of aliphatic hydroxyl groups is 1. The van der Waals surface area contributed by atoms with Crippen LogP contribution in [0.2, 0.25) is 5.02 Å². The summed E-state index contributed by atoms with van der Waals surface area (Å²) in [5, 5.41) is 19.1. The quantitative estimate of drug-likeness (QED) is 0.871. The Kier molecular flexibility index (Phi) is 3.82. The van der Waals surface area contributed by atoms with Crippen molar-refractivity contribution in [3.63, 3.8) is 0 Å². The maximum atomic E-state index is 12.2. The average molecular weight is 331 g/mol. The van der Waals surface area contributed by atoms with E-state index in [1.165, 1.54) is 0 Å². The summed E-state index contributed by atoms with van der Waals surface area (Å²) < 4.78 is 10.8. The van der Waals surface area contributed by atoms with Crippen molar-refractivity contribution in [2.75, 3.05) is 0 Å². The van der Waals surface area contributed by atoms with Gasteiger partial charge in [-0.2, -0.15) is 5.26 Å². The molecule has 0 amide bonds. The highest BCUT2D eigenvalue weighted by molar-refractivity contribution is 6.31. The van der Waals surface area contributed by atoms with Crippen LogP contribution in [0.15, 0.2) is 51.0 Å². The molecule has 0 saturated heterocycles. The van der Waals surface area contributed by atoms with Crippen LogP contribution in [-0.2, 0) is 6.61 Å². The van der Waals surface area contributed by atoms with Crippen molar-refractivity contribution in [3.8, 4) is 11.8 Å². The SMILES string of the molecule is N#CC1=C(N)Oc2c(oc(CO)cc2=O)[C@@H]1c1ccccc1Cl. The molecule has 3 rings (SSSR count). The molecule has 116 valence electrons. The van der Waals surface area contributed by atoms with Crippen LogP contribution in [0.3, 0.4) is 0 Å². The van der Waals surface area contributed by atoms with E-state index in [4.69, 9.17) is 26.5 Å². The predicted molar refractivity (Wildman–Crippen MR) is 81.7 cm³/mol. The number of benzene rings is 1. The number of rotatable bonds is 2. The fraction of sp³-hybridized carbons (Fsp3) is 0.125. The highest BCUT2D eigenvalue weighted by atomic mass is 35.5. The van der Waals surface area contributed by atoms with Crippen molar-refractivity contribution in [2.45, 2.75) is 12.5 Å². The molecular weight excluding hydrogens is 320 g/mol. The number of halogens is 1. The van der Waals surface area contributed by atoms with Gasteiger partial charge in [0.05, 0.1) is 5.92 Å². The Balaban J connectivity index is 2.34. The third-order valence-corrected chi connectivity index (χ3v) is 3.85. The van der Waals surface area contributed by atoms with Crippen LogP contribution in [0.5, 0.6) is 5.75 Å². The number of nitrogens with two attached hydrogens (primary N) is 1. The van der Waals surface area contributed by atoms with Crippen molar-refractivity contribution in [1.82, 2.24) is 0 Å². The second-order valence-electron chi connectivity index (χ2n) is 4.87. The number of nitrogens with zero attached hydrogens (tertiary/aromatic N) is 1. The first kappa shape index (κ1) is 15.2. The largest absolute Gasteiger partial charge is 0.458 e. The molecular formula is C16H11ClN2O4. The summed E-state index contributed by atoms with van der Waals surface area (Å²) in [5.41, 5.74) is 5.93. The molecule has 1 aromatic heterocycles. The van der Waals surface area contributed by atoms with Gasteiger partial charge in [-0.05, 0) is 11.6 Å². The first-order valence-corrected chi connectivity index (χ1v) is 7.04. The monoisotopic (exact) mass is 330 g/mol. The van der Waals surface area contributed by atoms with E-state index in [0.29, 0.717) is 10.6 Å². The highest BCUT2D eigenvalue weighted by Crippen LogP contribution is 2.42. The van der Waals surface area contributed by atoms with Gasteiger partial charge >= 0.3 is 0 Å². The maximum absolute atomic E-state index is 12.2. The Morgan fingerprint density at radius 2 is 2.13 bits per heavy atom. The Morgan fingerprint density at radius 1 is 1.39 bits per heavy atom. The van der Waals surface area contributed by atoms with Gasteiger partial charge in [-0.1, -0.05) is 29.8 Å². The maximum Gasteiger partial charge on any atom is 0.228 e. The number of ether oxygens (including phenoxy) is 1. The van der Waals surface area contributed by atoms with Gasteiger partial charge in [0, 0.05) is 11.1 Å². The normalized spacial score (nSPS) is 16.5. The van der Waals surface area contributed by atoms with Gasteiger partial charge < -0.3 is 20.0 Å².